The van der Waals surface area contributed by atoms with Gasteiger partial charge in [0, 0.05) is 49.5 Å². The standard InChI is InChI=1S/C21H19F2N3/c1-25-7-8-26(20-11-18(22)10-19(23)12-20)21-5-4-15(9-17(21)14-25)16-3-2-6-24-13-16/h2-6,9-13H,7-8,14H2,1H3. The monoisotopic (exact) mass is 351 g/mol. The molecule has 0 bridgehead atoms. The summed E-state index contributed by atoms with van der Waals surface area (Å²) in [5.41, 5.74) is 4.76. The predicted octanol–water partition coefficient (Wildman–Crippen LogP) is 4.61. The van der Waals surface area contributed by atoms with Crippen molar-refractivity contribution in [3.63, 3.8) is 0 Å². The summed E-state index contributed by atoms with van der Waals surface area (Å²) < 4.78 is 27.5. The lowest BCUT2D eigenvalue weighted by Crippen LogP contribution is -2.26. The minimum atomic E-state index is -0.564. The molecule has 0 unspecified atom stereocenters. The molecule has 0 N–H and O–H groups in total. The largest absolute Gasteiger partial charge is 0.340 e. The molecule has 0 radical (unpaired) electrons. The van der Waals surface area contributed by atoms with Gasteiger partial charge in [0.25, 0.3) is 0 Å². The van der Waals surface area contributed by atoms with E-state index in [1.54, 1.807) is 6.20 Å². The van der Waals surface area contributed by atoms with Gasteiger partial charge in [-0.05, 0) is 54.1 Å². The first kappa shape index (κ1) is 16.7. The van der Waals surface area contributed by atoms with Crippen molar-refractivity contribution in [1.82, 2.24) is 9.88 Å². The molecule has 2 heterocycles. The van der Waals surface area contributed by atoms with E-state index in [0.29, 0.717) is 12.2 Å². The summed E-state index contributed by atoms with van der Waals surface area (Å²) in [6, 6.07) is 13.8. The molecule has 0 spiro atoms. The molecule has 2 aromatic carbocycles. The van der Waals surface area contributed by atoms with Gasteiger partial charge in [-0.25, -0.2) is 8.78 Å². The zero-order valence-corrected chi connectivity index (χ0v) is 14.5. The minimum absolute atomic E-state index is 0.535. The number of aromatic nitrogens is 1. The van der Waals surface area contributed by atoms with E-state index in [-0.39, 0.29) is 0 Å². The Labute approximate surface area is 151 Å². The fourth-order valence-corrected chi connectivity index (χ4v) is 3.41. The molecule has 1 aliphatic rings. The van der Waals surface area contributed by atoms with E-state index in [4.69, 9.17) is 0 Å². The lowest BCUT2D eigenvalue weighted by molar-refractivity contribution is 0.343. The fourth-order valence-electron chi connectivity index (χ4n) is 3.41. The molecule has 132 valence electrons. The Morgan fingerprint density at radius 2 is 1.73 bits per heavy atom. The highest BCUT2D eigenvalue weighted by molar-refractivity contribution is 5.73. The highest BCUT2D eigenvalue weighted by Gasteiger charge is 2.21. The Morgan fingerprint density at radius 1 is 0.923 bits per heavy atom. The van der Waals surface area contributed by atoms with Crippen LogP contribution in [0, 0.1) is 11.6 Å². The number of rotatable bonds is 2. The van der Waals surface area contributed by atoms with Gasteiger partial charge in [0.15, 0.2) is 0 Å². The fraction of sp³-hybridized carbons (Fsp3) is 0.190. The molecular weight excluding hydrogens is 332 g/mol. The summed E-state index contributed by atoms with van der Waals surface area (Å²) in [6.07, 6.45) is 3.59. The summed E-state index contributed by atoms with van der Waals surface area (Å²) >= 11 is 0. The molecule has 4 rings (SSSR count). The van der Waals surface area contributed by atoms with Crippen molar-refractivity contribution in [2.75, 3.05) is 25.0 Å². The maximum absolute atomic E-state index is 13.7. The Bertz CT molecular complexity index is 908. The van der Waals surface area contributed by atoms with Crippen molar-refractivity contribution >= 4 is 11.4 Å². The number of likely N-dealkylation sites (N-methyl/N-ethyl adjacent to an activating group) is 1. The van der Waals surface area contributed by atoms with Gasteiger partial charge in [-0.15, -0.1) is 0 Å². The molecule has 0 amide bonds. The third kappa shape index (κ3) is 3.30. The Morgan fingerprint density at radius 3 is 2.46 bits per heavy atom. The van der Waals surface area contributed by atoms with Gasteiger partial charge < -0.3 is 9.80 Å². The van der Waals surface area contributed by atoms with Crippen LogP contribution in [0.25, 0.3) is 11.1 Å². The molecular formula is C21H19F2N3. The first-order valence-corrected chi connectivity index (χ1v) is 8.56. The normalized spacial score (nSPS) is 14.8. The molecule has 0 saturated carbocycles. The number of halogens is 2. The Balaban J connectivity index is 1.80. The second-order valence-electron chi connectivity index (χ2n) is 6.60. The van der Waals surface area contributed by atoms with Crippen LogP contribution >= 0.6 is 0 Å². The van der Waals surface area contributed by atoms with Crippen molar-refractivity contribution in [2.45, 2.75) is 6.54 Å². The molecule has 26 heavy (non-hydrogen) atoms. The van der Waals surface area contributed by atoms with Crippen LogP contribution in [0.5, 0.6) is 0 Å². The smallest absolute Gasteiger partial charge is 0.128 e. The number of hydrogen-bond donors (Lipinski definition) is 0. The summed E-state index contributed by atoms with van der Waals surface area (Å²) in [5.74, 6) is -1.13. The van der Waals surface area contributed by atoms with E-state index in [1.807, 2.05) is 35.4 Å². The van der Waals surface area contributed by atoms with Gasteiger partial charge in [-0.2, -0.15) is 0 Å². The second kappa shape index (κ2) is 6.84. The number of fused-ring (bicyclic) bond motifs is 1. The average molecular weight is 351 g/mol. The van der Waals surface area contributed by atoms with Gasteiger partial charge in [-0.1, -0.05) is 12.1 Å². The highest BCUT2D eigenvalue weighted by Crippen LogP contribution is 2.34. The van der Waals surface area contributed by atoms with Crippen molar-refractivity contribution in [3.8, 4) is 11.1 Å². The summed E-state index contributed by atoms with van der Waals surface area (Å²) in [6.45, 7) is 2.24. The van der Waals surface area contributed by atoms with E-state index < -0.39 is 11.6 Å². The van der Waals surface area contributed by atoms with Gasteiger partial charge in [-0.3, -0.25) is 4.98 Å². The lowest BCUT2D eigenvalue weighted by Gasteiger charge is -2.25. The summed E-state index contributed by atoms with van der Waals surface area (Å²) in [7, 11) is 2.05. The maximum Gasteiger partial charge on any atom is 0.128 e. The molecule has 5 heteroatoms. The predicted molar refractivity (Wildman–Crippen MR) is 99.4 cm³/mol. The zero-order valence-electron chi connectivity index (χ0n) is 14.5. The van der Waals surface area contributed by atoms with Gasteiger partial charge in [0.05, 0.1) is 0 Å². The van der Waals surface area contributed by atoms with Crippen LogP contribution < -0.4 is 4.90 Å². The number of nitrogens with zero attached hydrogens (tertiary/aromatic N) is 3. The maximum atomic E-state index is 13.7. The molecule has 1 aliphatic heterocycles. The van der Waals surface area contributed by atoms with E-state index >= 15 is 0 Å². The molecule has 3 aromatic rings. The quantitative estimate of drug-likeness (QED) is 0.672. The summed E-state index contributed by atoms with van der Waals surface area (Å²) in [5, 5.41) is 0. The number of benzene rings is 2. The lowest BCUT2D eigenvalue weighted by atomic mass is 10.0. The third-order valence-corrected chi connectivity index (χ3v) is 4.67. The number of anilines is 2. The Hall–Kier alpha value is -2.79. The first-order valence-electron chi connectivity index (χ1n) is 8.56. The average Bonchev–Trinajstić information content (AvgIpc) is 2.79. The van der Waals surface area contributed by atoms with Crippen LogP contribution in [0.1, 0.15) is 5.56 Å². The van der Waals surface area contributed by atoms with Crippen LogP contribution in [-0.4, -0.2) is 30.0 Å². The summed E-state index contributed by atoms with van der Waals surface area (Å²) in [4.78, 5) is 8.38. The molecule has 0 atom stereocenters. The Kier molecular flexibility index (Phi) is 4.39. The van der Waals surface area contributed by atoms with Gasteiger partial charge >= 0.3 is 0 Å². The third-order valence-electron chi connectivity index (χ3n) is 4.67. The van der Waals surface area contributed by atoms with Crippen molar-refractivity contribution in [2.24, 2.45) is 0 Å². The molecule has 3 nitrogen and oxygen atoms in total. The van der Waals surface area contributed by atoms with E-state index in [1.165, 1.54) is 12.1 Å². The highest BCUT2D eigenvalue weighted by atomic mass is 19.1. The van der Waals surface area contributed by atoms with E-state index in [9.17, 15) is 8.78 Å². The SMILES string of the molecule is CN1CCN(c2cc(F)cc(F)c2)c2ccc(-c3cccnc3)cc2C1. The van der Waals surface area contributed by atoms with Gasteiger partial charge in [0.1, 0.15) is 11.6 Å². The van der Waals surface area contributed by atoms with Crippen LogP contribution in [0.2, 0.25) is 0 Å². The number of pyridine rings is 1. The minimum Gasteiger partial charge on any atom is -0.340 e. The zero-order chi connectivity index (χ0) is 18.1. The van der Waals surface area contributed by atoms with Crippen molar-refractivity contribution in [1.29, 1.82) is 0 Å². The van der Waals surface area contributed by atoms with E-state index in [0.717, 1.165) is 41.5 Å². The number of hydrogen-bond acceptors (Lipinski definition) is 3. The van der Waals surface area contributed by atoms with Crippen LogP contribution in [0.3, 0.4) is 0 Å². The van der Waals surface area contributed by atoms with Crippen molar-refractivity contribution < 1.29 is 8.78 Å². The van der Waals surface area contributed by atoms with Gasteiger partial charge in [0.2, 0.25) is 0 Å². The second-order valence-corrected chi connectivity index (χ2v) is 6.60. The molecule has 0 aliphatic carbocycles. The van der Waals surface area contributed by atoms with Crippen LogP contribution in [0.15, 0.2) is 60.9 Å². The molecule has 0 saturated heterocycles. The van der Waals surface area contributed by atoms with Crippen molar-refractivity contribution in [3.05, 3.63) is 78.1 Å². The van der Waals surface area contributed by atoms with Crippen LogP contribution in [0.4, 0.5) is 20.2 Å². The molecule has 0 fully saturated rings. The first-order chi connectivity index (χ1) is 12.6. The van der Waals surface area contributed by atoms with Crippen LogP contribution in [-0.2, 0) is 6.54 Å². The topological polar surface area (TPSA) is 19.4 Å². The molecule has 1 aromatic heterocycles. The van der Waals surface area contributed by atoms with E-state index in [2.05, 4.69) is 23.0 Å².